The molecule has 2 unspecified atom stereocenters. The van der Waals surface area contributed by atoms with Crippen molar-refractivity contribution in [1.29, 1.82) is 0 Å². The first kappa shape index (κ1) is 12.8. The zero-order valence-corrected chi connectivity index (χ0v) is 9.59. The molecule has 0 aliphatic rings. The number of rotatable bonds is 6. The Morgan fingerprint density at radius 3 is 1.44 bits per heavy atom. The summed E-state index contributed by atoms with van der Waals surface area (Å²) in [6.45, 7) is 3.88. The summed E-state index contributed by atoms with van der Waals surface area (Å²) in [6.07, 6.45) is -0.961. The molecule has 90 valence electrons. The molecule has 4 heteroatoms. The zero-order valence-electron chi connectivity index (χ0n) is 9.59. The van der Waals surface area contributed by atoms with Gasteiger partial charge in [-0.3, -0.25) is 0 Å². The first-order valence-electron chi connectivity index (χ1n) is 5.29. The van der Waals surface area contributed by atoms with E-state index in [0.717, 1.165) is 0 Å². The van der Waals surface area contributed by atoms with Crippen molar-refractivity contribution in [2.24, 2.45) is 0 Å². The van der Waals surface area contributed by atoms with Gasteiger partial charge in [0.15, 0.2) is 0 Å². The first-order chi connectivity index (χ1) is 7.58. The summed E-state index contributed by atoms with van der Waals surface area (Å²) in [5.74, 6) is 1.37. The summed E-state index contributed by atoms with van der Waals surface area (Å²) in [5.41, 5.74) is 0. The van der Waals surface area contributed by atoms with E-state index in [1.807, 2.05) is 0 Å². The first-order valence-corrected chi connectivity index (χ1v) is 5.29. The van der Waals surface area contributed by atoms with E-state index in [9.17, 15) is 0 Å². The van der Waals surface area contributed by atoms with Gasteiger partial charge in [-0.1, -0.05) is 0 Å². The number of ether oxygens (including phenoxy) is 2. The van der Waals surface area contributed by atoms with Gasteiger partial charge < -0.3 is 19.7 Å². The molecule has 1 rings (SSSR count). The number of benzene rings is 1. The fourth-order valence-electron chi connectivity index (χ4n) is 1.07. The van der Waals surface area contributed by atoms with Crippen LogP contribution in [0.2, 0.25) is 0 Å². The average molecular weight is 226 g/mol. The minimum absolute atomic E-state index is 0.272. The Kier molecular flexibility index (Phi) is 5.08. The molecule has 2 N–H and O–H groups in total. The van der Waals surface area contributed by atoms with E-state index in [4.69, 9.17) is 19.7 Å². The van der Waals surface area contributed by atoms with Gasteiger partial charge in [-0.25, -0.2) is 0 Å². The SMILES string of the molecule is CC(O)COc1ccc(OCC(C)O)cc1. The third-order valence-electron chi connectivity index (χ3n) is 1.81. The molecule has 0 radical (unpaired) electrons. The van der Waals surface area contributed by atoms with Crippen LogP contribution in [0.15, 0.2) is 24.3 Å². The Morgan fingerprint density at radius 1 is 0.875 bits per heavy atom. The van der Waals surface area contributed by atoms with Gasteiger partial charge >= 0.3 is 0 Å². The van der Waals surface area contributed by atoms with E-state index in [0.29, 0.717) is 11.5 Å². The van der Waals surface area contributed by atoms with E-state index in [1.54, 1.807) is 38.1 Å². The van der Waals surface area contributed by atoms with E-state index < -0.39 is 12.2 Å². The van der Waals surface area contributed by atoms with Crippen molar-refractivity contribution in [1.82, 2.24) is 0 Å². The van der Waals surface area contributed by atoms with Crippen LogP contribution in [0.25, 0.3) is 0 Å². The second-order valence-corrected chi connectivity index (χ2v) is 3.79. The van der Waals surface area contributed by atoms with Crippen molar-refractivity contribution >= 4 is 0 Å². The van der Waals surface area contributed by atoms with E-state index in [1.165, 1.54) is 0 Å². The molecule has 0 aromatic heterocycles. The molecule has 0 bridgehead atoms. The molecular weight excluding hydrogens is 208 g/mol. The van der Waals surface area contributed by atoms with Crippen LogP contribution in [0.5, 0.6) is 11.5 Å². The Bertz CT molecular complexity index is 261. The summed E-state index contributed by atoms with van der Waals surface area (Å²) in [5, 5.41) is 18.1. The van der Waals surface area contributed by atoms with E-state index in [2.05, 4.69) is 0 Å². The molecule has 4 nitrogen and oxygen atoms in total. The maximum atomic E-state index is 9.04. The summed E-state index contributed by atoms with van der Waals surface area (Å²) >= 11 is 0. The molecule has 0 aliphatic heterocycles. The Balaban J connectivity index is 2.41. The molecule has 0 amide bonds. The largest absolute Gasteiger partial charge is 0.491 e. The van der Waals surface area contributed by atoms with E-state index in [-0.39, 0.29) is 13.2 Å². The van der Waals surface area contributed by atoms with Crippen molar-refractivity contribution in [2.45, 2.75) is 26.1 Å². The molecule has 0 aliphatic carbocycles. The normalized spacial score (nSPS) is 14.2. The zero-order chi connectivity index (χ0) is 12.0. The summed E-state index contributed by atoms with van der Waals surface area (Å²) in [7, 11) is 0. The van der Waals surface area contributed by atoms with Gasteiger partial charge in [0.25, 0.3) is 0 Å². The predicted octanol–water partition coefficient (Wildman–Crippen LogP) is 1.21. The van der Waals surface area contributed by atoms with Crippen molar-refractivity contribution in [3.63, 3.8) is 0 Å². The fourth-order valence-corrected chi connectivity index (χ4v) is 1.07. The Hall–Kier alpha value is -1.26. The molecule has 1 aromatic rings. The van der Waals surface area contributed by atoms with Gasteiger partial charge in [0, 0.05) is 0 Å². The highest BCUT2D eigenvalue weighted by Crippen LogP contribution is 2.17. The lowest BCUT2D eigenvalue weighted by Gasteiger charge is -2.10. The highest BCUT2D eigenvalue weighted by Gasteiger charge is 2.00. The monoisotopic (exact) mass is 226 g/mol. The van der Waals surface area contributed by atoms with Crippen molar-refractivity contribution in [3.8, 4) is 11.5 Å². The van der Waals surface area contributed by atoms with Gasteiger partial charge in [0.1, 0.15) is 24.7 Å². The second kappa shape index (κ2) is 6.35. The molecule has 0 saturated carbocycles. The average Bonchev–Trinajstić information content (AvgIpc) is 2.25. The fraction of sp³-hybridized carbons (Fsp3) is 0.500. The molecule has 0 heterocycles. The van der Waals surface area contributed by atoms with Crippen LogP contribution in [0.1, 0.15) is 13.8 Å². The quantitative estimate of drug-likeness (QED) is 0.765. The van der Waals surface area contributed by atoms with Crippen LogP contribution in [0.4, 0.5) is 0 Å². The second-order valence-electron chi connectivity index (χ2n) is 3.79. The number of hydrogen-bond donors (Lipinski definition) is 2. The minimum atomic E-state index is -0.480. The van der Waals surface area contributed by atoms with Crippen molar-refractivity contribution < 1.29 is 19.7 Å². The lowest BCUT2D eigenvalue weighted by molar-refractivity contribution is 0.120. The lowest BCUT2D eigenvalue weighted by Crippen LogP contribution is -2.13. The van der Waals surface area contributed by atoms with Crippen LogP contribution < -0.4 is 9.47 Å². The number of aliphatic hydroxyl groups is 2. The predicted molar refractivity (Wildman–Crippen MR) is 60.8 cm³/mol. The third-order valence-corrected chi connectivity index (χ3v) is 1.81. The molecule has 16 heavy (non-hydrogen) atoms. The molecule has 0 fully saturated rings. The van der Waals surface area contributed by atoms with Crippen LogP contribution in [0, 0.1) is 0 Å². The minimum Gasteiger partial charge on any atom is -0.491 e. The van der Waals surface area contributed by atoms with Gasteiger partial charge in [-0.15, -0.1) is 0 Å². The molecule has 0 spiro atoms. The summed E-state index contributed by atoms with van der Waals surface area (Å²) < 4.78 is 10.6. The van der Waals surface area contributed by atoms with Crippen LogP contribution in [0.3, 0.4) is 0 Å². The number of hydrogen-bond acceptors (Lipinski definition) is 4. The maximum absolute atomic E-state index is 9.04. The third kappa shape index (κ3) is 5.00. The Morgan fingerprint density at radius 2 is 1.19 bits per heavy atom. The van der Waals surface area contributed by atoms with Gasteiger partial charge in [0.2, 0.25) is 0 Å². The van der Waals surface area contributed by atoms with Crippen LogP contribution >= 0.6 is 0 Å². The maximum Gasteiger partial charge on any atom is 0.119 e. The number of aliphatic hydroxyl groups excluding tert-OH is 2. The van der Waals surface area contributed by atoms with Crippen molar-refractivity contribution in [3.05, 3.63) is 24.3 Å². The topological polar surface area (TPSA) is 58.9 Å². The molecular formula is C12H18O4. The van der Waals surface area contributed by atoms with Gasteiger partial charge in [0.05, 0.1) is 12.2 Å². The molecule has 0 saturated heterocycles. The molecule has 2 atom stereocenters. The van der Waals surface area contributed by atoms with Gasteiger partial charge in [-0.2, -0.15) is 0 Å². The lowest BCUT2D eigenvalue weighted by atomic mass is 10.3. The van der Waals surface area contributed by atoms with E-state index >= 15 is 0 Å². The molecule has 1 aromatic carbocycles. The van der Waals surface area contributed by atoms with Crippen LogP contribution in [-0.4, -0.2) is 35.6 Å². The van der Waals surface area contributed by atoms with Crippen LogP contribution in [-0.2, 0) is 0 Å². The smallest absolute Gasteiger partial charge is 0.119 e. The Labute approximate surface area is 95.4 Å². The summed E-state index contributed by atoms with van der Waals surface area (Å²) in [6, 6.07) is 7.05. The highest BCUT2D eigenvalue weighted by molar-refractivity contribution is 5.31. The summed E-state index contributed by atoms with van der Waals surface area (Å²) in [4.78, 5) is 0. The standard InChI is InChI=1S/C12H18O4/c1-9(13)7-15-11-3-5-12(6-4-11)16-8-10(2)14/h3-6,9-10,13-14H,7-8H2,1-2H3. The van der Waals surface area contributed by atoms with Crippen molar-refractivity contribution in [2.75, 3.05) is 13.2 Å². The highest BCUT2D eigenvalue weighted by atomic mass is 16.5. The van der Waals surface area contributed by atoms with Gasteiger partial charge in [-0.05, 0) is 38.1 Å².